The van der Waals surface area contributed by atoms with Gasteiger partial charge in [-0.05, 0) is 38.6 Å². The second-order valence-electron chi connectivity index (χ2n) is 7.36. The summed E-state index contributed by atoms with van der Waals surface area (Å²) in [5, 5.41) is 12.8. The number of imidazole rings is 1. The van der Waals surface area contributed by atoms with Crippen molar-refractivity contribution in [2.45, 2.75) is 19.4 Å². The fourth-order valence-corrected chi connectivity index (χ4v) is 3.86. The van der Waals surface area contributed by atoms with Gasteiger partial charge in [0.15, 0.2) is 11.5 Å². The zero-order chi connectivity index (χ0) is 20.0. The molecule has 0 spiro atoms. The predicted octanol–water partition coefficient (Wildman–Crippen LogP) is 2.32. The molecular formula is C21H20N8. The number of anilines is 1. The smallest absolute Gasteiger partial charge is 0.161 e. The number of nitrogens with zero attached hydrogens (tertiary/aromatic N) is 7. The number of nitriles is 1. The molecule has 8 heteroatoms. The summed E-state index contributed by atoms with van der Waals surface area (Å²) >= 11 is 0. The lowest BCUT2D eigenvalue weighted by molar-refractivity contribution is 0.616. The van der Waals surface area contributed by atoms with Gasteiger partial charge in [0.2, 0.25) is 0 Å². The molecule has 0 amide bonds. The molecule has 144 valence electrons. The lowest BCUT2D eigenvalue weighted by Gasteiger charge is -2.17. The summed E-state index contributed by atoms with van der Waals surface area (Å²) in [7, 11) is 2.00. The maximum absolute atomic E-state index is 9.50. The van der Waals surface area contributed by atoms with Crippen molar-refractivity contribution in [3.63, 3.8) is 0 Å². The first-order valence-corrected chi connectivity index (χ1v) is 9.60. The van der Waals surface area contributed by atoms with Crippen LogP contribution in [0.2, 0.25) is 0 Å². The molecule has 1 fully saturated rings. The minimum absolute atomic E-state index is 0.501. The summed E-state index contributed by atoms with van der Waals surface area (Å²) in [6.07, 6.45) is 6.66. The van der Waals surface area contributed by atoms with Gasteiger partial charge in [0.25, 0.3) is 0 Å². The van der Waals surface area contributed by atoms with Crippen LogP contribution in [0.3, 0.4) is 0 Å². The molecule has 1 aliphatic heterocycles. The van der Waals surface area contributed by atoms with Gasteiger partial charge in [0.05, 0.1) is 23.0 Å². The second kappa shape index (κ2) is 6.79. The van der Waals surface area contributed by atoms with Gasteiger partial charge in [-0.25, -0.2) is 19.9 Å². The Morgan fingerprint density at radius 2 is 2.07 bits per heavy atom. The van der Waals surface area contributed by atoms with Crippen LogP contribution in [-0.2, 0) is 0 Å². The molecular weight excluding hydrogens is 364 g/mol. The lowest BCUT2D eigenvalue weighted by atomic mass is 10.2. The van der Waals surface area contributed by atoms with Crippen molar-refractivity contribution in [1.82, 2.24) is 29.7 Å². The number of aryl methyl sites for hydroxylation is 1. The quantitative estimate of drug-likeness (QED) is 0.579. The molecule has 8 nitrogen and oxygen atoms in total. The normalized spacial score (nSPS) is 16.6. The molecule has 1 N–H and O–H groups in total. The van der Waals surface area contributed by atoms with E-state index in [4.69, 9.17) is 4.98 Å². The van der Waals surface area contributed by atoms with E-state index in [2.05, 4.69) is 31.2 Å². The third-order valence-electron chi connectivity index (χ3n) is 5.39. The predicted molar refractivity (Wildman–Crippen MR) is 111 cm³/mol. The van der Waals surface area contributed by atoms with Gasteiger partial charge in [0, 0.05) is 37.1 Å². The summed E-state index contributed by atoms with van der Waals surface area (Å²) in [4.78, 5) is 20.6. The summed E-state index contributed by atoms with van der Waals surface area (Å²) in [5.41, 5.74) is 4.32. The van der Waals surface area contributed by atoms with Gasteiger partial charge >= 0.3 is 0 Å². The van der Waals surface area contributed by atoms with E-state index >= 15 is 0 Å². The van der Waals surface area contributed by atoms with Crippen LogP contribution in [0.4, 0.5) is 5.82 Å². The Morgan fingerprint density at radius 1 is 1.17 bits per heavy atom. The Balaban J connectivity index is 1.53. The van der Waals surface area contributed by atoms with Crippen LogP contribution in [0, 0.1) is 18.3 Å². The summed E-state index contributed by atoms with van der Waals surface area (Å²) in [6.45, 7) is 3.85. The maximum Gasteiger partial charge on any atom is 0.161 e. The van der Waals surface area contributed by atoms with Gasteiger partial charge < -0.3 is 14.6 Å². The molecule has 0 bridgehead atoms. The number of aromatic nitrogens is 5. The first kappa shape index (κ1) is 17.5. The van der Waals surface area contributed by atoms with Crippen LogP contribution in [0.15, 0.2) is 36.8 Å². The Kier molecular flexibility index (Phi) is 4.11. The van der Waals surface area contributed by atoms with Crippen molar-refractivity contribution in [3.05, 3.63) is 48.0 Å². The minimum atomic E-state index is 0.501. The van der Waals surface area contributed by atoms with E-state index in [1.54, 1.807) is 12.3 Å². The van der Waals surface area contributed by atoms with Crippen LogP contribution >= 0.6 is 0 Å². The molecule has 29 heavy (non-hydrogen) atoms. The largest absolute Gasteiger partial charge is 0.355 e. The monoisotopic (exact) mass is 384 g/mol. The van der Waals surface area contributed by atoms with Gasteiger partial charge in [-0.15, -0.1) is 0 Å². The molecule has 1 saturated heterocycles. The number of rotatable bonds is 3. The molecule has 0 aromatic carbocycles. The lowest BCUT2D eigenvalue weighted by Crippen LogP contribution is -2.29. The third kappa shape index (κ3) is 3.05. The molecule has 0 aliphatic carbocycles. The van der Waals surface area contributed by atoms with E-state index in [0.29, 0.717) is 23.1 Å². The van der Waals surface area contributed by atoms with Gasteiger partial charge in [-0.1, -0.05) is 0 Å². The zero-order valence-corrected chi connectivity index (χ0v) is 16.3. The number of nitrogens with one attached hydrogen (secondary N) is 1. The third-order valence-corrected chi connectivity index (χ3v) is 5.39. The van der Waals surface area contributed by atoms with Crippen LogP contribution < -0.4 is 10.2 Å². The van der Waals surface area contributed by atoms with Gasteiger partial charge in [0.1, 0.15) is 17.4 Å². The van der Waals surface area contributed by atoms with Crippen molar-refractivity contribution in [3.8, 4) is 17.5 Å². The number of pyridine rings is 2. The number of hydrogen-bond donors (Lipinski definition) is 1. The molecule has 0 radical (unpaired) electrons. The summed E-state index contributed by atoms with van der Waals surface area (Å²) < 4.78 is 1.85. The molecule has 5 heterocycles. The standard InChI is InChI=1S/C21H20N8/c1-13-10-29-11-15(7-14(8-22)21(29)25-13)20-24-9-18-17(27-20)3-4-19(26-18)28-6-5-16(12-28)23-2/h3-4,7,9-11,16,23H,5-6,12H2,1-2H3/t16-/m0/s1. The van der Waals surface area contributed by atoms with Crippen molar-refractivity contribution < 1.29 is 0 Å². The summed E-state index contributed by atoms with van der Waals surface area (Å²) in [5.74, 6) is 1.52. The van der Waals surface area contributed by atoms with Crippen molar-refractivity contribution in [2.75, 3.05) is 25.0 Å². The fraction of sp³-hybridized carbons (Fsp3) is 0.286. The van der Waals surface area contributed by atoms with Crippen molar-refractivity contribution >= 4 is 22.5 Å². The second-order valence-corrected chi connectivity index (χ2v) is 7.36. The average Bonchev–Trinajstić information content (AvgIpc) is 3.38. The van der Waals surface area contributed by atoms with Crippen LogP contribution in [-0.4, -0.2) is 50.5 Å². The molecule has 1 aliphatic rings. The SMILES string of the molecule is CN[C@H]1CCN(c2ccc3nc(-c4cc(C#N)c5nc(C)cn5c4)ncc3n2)C1. The Hall–Kier alpha value is -3.57. The van der Waals surface area contributed by atoms with E-state index in [1.165, 1.54) is 0 Å². The van der Waals surface area contributed by atoms with Crippen LogP contribution in [0.1, 0.15) is 17.7 Å². The first-order valence-electron chi connectivity index (χ1n) is 9.60. The number of fused-ring (bicyclic) bond motifs is 2. The molecule has 4 aromatic rings. The highest BCUT2D eigenvalue weighted by molar-refractivity contribution is 5.78. The molecule has 4 aromatic heterocycles. The van der Waals surface area contributed by atoms with E-state index in [0.717, 1.165) is 47.6 Å². The average molecular weight is 384 g/mol. The maximum atomic E-state index is 9.50. The fourth-order valence-electron chi connectivity index (χ4n) is 3.86. The highest BCUT2D eigenvalue weighted by Crippen LogP contribution is 2.24. The zero-order valence-electron chi connectivity index (χ0n) is 16.3. The number of hydrogen-bond acceptors (Lipinski definition) is 7. The van der Waals surface area contributed by atoms with Crippen LogP contribution in [0.5, 0.6) is 0 Å². The van der Waals surface area contributed by atoms with E-state index in [-0.39, 0.29) is 0 Å². The van der Waals surface area contributed by atoms with Crippen LogP contribution in [0.25, 0.3) is 28.1 Å². The molecule has 0 unspecified atom stereocenters. The Bertz CT molecular complexity index is 1270. The van der Waals surface area contributed by atoms with E-state index in [9.17, 15) is 5.26 Å². The summed E-state index contributed by atoms with van der Waals surface area (Å²) in [6, 6.07) is 8.50. The molecule has 5 rings (SSSR count). The molecule has 1 atom stereocenters. The minimum Gasteiger partial charge on any atom is -0.355 e. The first-order chi connectivity index (χ1) is 14.1. The Labute approximate surface area is 167 Å². The van der Waals surface area contributed by atoms with E-state index < -0.39 is 0 Å². The van der Waals surface area contributed by atoms with Crippen molar-refractivity contribution in [2.24, 2.45) is 0 Å². The topological polar surface area (TPSA) is 95.0 Å². The molecule has 0 saturated carbocycles. The number of likely N-dealkylation sites (N-methyl/N-ethyl adjacent to an activating group) is 1. The van der Waals surface area contributed by atoms with Gasteiger partial charge in [-0.2, -0.15) is 5.26 Å². The Morgan fingerprint density at radius 3 is 2.86 bits per heavy atom. The highest BCUT2D eigenvalue weighted by atomic mass is 15.2. The van der Waals surface area contributed by atoms with Gasteiger partial charge in [-0.3, -0.25) is 0 Å². The van der Waals surface area contributed by atoms with E-state index in [1.807, 2.05) is 42.9 Å². The van der Waals surface area contributed by atoms with Crippen molar-refractivity contribution in [1.29, 1.82) is 5.26 Å². The highest BCUT2D eigenvalue weighted by Gasteiger charge is 2.22.